The minimum absolute atomic E-state index is 0.578. The predicted octanol–water partition coefficient (Wildman–Crippen LogP) is 2.83. The zero-order valence-electron chi connectivity index (χ0n) is 8.86. The Hall–Kier alpha value is 0.0500. The van der Waals surface area contributed by atoms with Crippen LogP contribution in [0.15, 0.2) is 12.2 Å². The molecule has 1 nitrogen and oxygen atoms in total. The molecule has 0 bridgehead atoms. The monoisotopic (exact) mass is 199 g/mol. The molecule has 0 aromatic rings. The van der Waals surface area contributed by atoms with Crippen molar-refractivity contribution in [2.45, 2.75) is 37.4 Å². The standard InChI is InChI=1S/C11H21NS/c1-10(2)5-8-12-9-11(13-3)6-4-7-11/h12H,1,4-9H2,2-3H3. The van der Waals surface area contributed by atoms with E-state index in [0.29, 0.717) is 4.75 Å². The van der Waals surface area contributed by atoms with Crippen molar-refractivity contribution in [3.63, 3.8) is 0 Å². The normalized spacial score (nSPS) is 19.5. The van der Waals surface area contributed by atoms with Crippen LogP contribution in [-0.2, 0) is 0 Å². The van der Waals surface area contributed by atoms with Crippen molar-refractivity contribution < 1.29 is 0 Å². The topological polar surface area (TPSA) is 12.0 Å². The molecule has 1 aliphatic carbocycles. The molecule has 1 N–H and O–H groups in total. The van der Waals surface area contributed by atoms with Crippen LogP contribution in [0.4, 0.5) is 0 Å². The fourth-order valence-electron chi connectivity index (χ4n) is 1.64. The quantitative estimate of drug-likeness (QED) is 0.521. The molecule has 1 rings (SSSR count). The molecule has 0 aromatic carbocycles. The second-order valence-electron chi connectivity index (χ2n) is 4.12. The number of nitrogens with one attached hydrogen (secondary N) is 1. The maximum absolute atomic E-state index is 3.90. The summed E-state index contributed by atoms with van der Waals surface area (Å²) in [5.74, 6) is 0. The van der Waals surface area contributed by atoms with Gasteiger partial charge in [0.1, 0.15) is 0 Å². The molecule has 0 atom stereocenters. The Balaban J connectivity index is 2.07. The summed E-state index contributed by atoms with van der Waals surface area (Å²) in [5.41, 5.74) is 1.28. The fourth-order valence-corrected chi connectivity index (χ4v) is 2.59. The lowest BCUT2D eigenvalue weighted by molar-refractivity contribution is 0.347. The SMILES string of the molecule is C=C(C)CCNCC1(SC)CCC1. The van der Waals surface area contributed by atoms with E-state index in [2.05, 4.69) is 25.1 Å². The van der Waals surface area contributed by atoms with E-state index in [0.717, 1.165) is 13.0 Å². The van der Waals surface area contributed by atoms with Crippen LogP contribution >= 0.6 is 11.8 Å². The molecule has 0 amide bonds. The minimum Gasteiger partial charge on any atom is -0.315 e. The molecular weight excluding hydrogens is 178 g/mol. The Morgan fingerprint density at radius 2 is 2.23 bits per heavy atom. The third-order valence-electron chi connectivity index (χ3n) is 2.87. The van der Waals surface area contributed by atoms with Crippen LogP contribution < -0.4 is 5.32 Å². The largest absolute Gasteiger partial charge is 0.315 e. The Morgan fingerprint density at radius 1 is 1.54 bits per heavy atom. The molecule has 76 valence electrons. The van der Waals surface area contributed by atoms with Crippen LogP contribution in [0.25, 0.3) is 0 Å². The number of hydrogen-bond donors (Lipinski definition) is 1. The fraction of sp³-hybridized carbons (Fsp3) is 0.818. The van der Waals surface area contributed by atoms with E-state index < -0.39 is 0 Å². The highest BCUT2D eigenvalue weighted by atomic mass is 32.2. The van der Waals surface area contributed by atoms with Crippen LogP contribution in [0.2, 0.25) is 0 Å². The molecule has 0 aliphatic heterocycles. The summed E-state index contributed by atoms with van der Waals surface area (Å²) in [7, 11) is 0. The molecule has 13 heavy (non-hydrogen) atoms. The second kappa shape index (κ2) is 5.06. The van der Waals surface area contributed by atoms with Crippen LogP contribution in [0.5, 0.6) is 0 Å². The van der Waals surface area contributed by atoms with Crippen molar-refractivity contribution in [2.24, 2.45) is 0 Å². The molecule has 1 fully saturated rings. The van der Waals surface area contributed by atoms with Gasteiger partial charge in [0, 0.05) is 11.3 Å². The smallest absolute Gasteiger partial charge is 0.0281 e. The summed E-state index contributed by atoms with van der Waals surface area (Å²) in [6.45, 7) is 8.27. The number of thioether (sulfide) groups is 1. The maximum atomic E-state index is 3.90. The molecule has 2 heteroatoms. The van der Waals surface area contributed by atoms with Gasteiger partial charge in [-0.1, -0.05) is 12.0 Å². The van der Waals surface area contributed by atoms with E-state index in [4.69, 9.17) is 0 Å². The van der Waals surface area contributed by atoms with Gasteiger partial charge in [0.15, 0.2) is 0 Å². The van der Waals surface area contributed by atoms with E-state index in [1.54, 1.807) is 0 Å². The van der Waals surface area contributed by atoms with Crippen LogP contribution in [-0.4, -0.2) is 24.1 Å². The van der Waals surface area contributed by atoms with Crippen molar-refractivity contribution in [2.75, 3.05) is 19.3 Å². The van der Waals surface area contributed by atoms with Gasteiger partial charge >= 0.3 is 0 Å². The molecule has 1 aliphatic rings. The molecule has 0 unspecified atom stereocenters. The predicted molar refractivity (Wildman–Crippen MR) is 62.4 cm³/mol. The first kappa shape index (κ1) is 11.1. The van der Waals surface area contributed by atoms with Gasteiger partial charge in [0.2, 0.25) is 0 Å². The van der Waals surface area contributed by atoms with Crippen molar-refractivity contribution in [1.29, 1.82) is 0 Å². The van der Waals surface area contributed by atoms with Gasteiger partial charge in [-0.05, 0) is 39.0 Å². The molecular formula is C11H21NS. The van der Waals surface area contributed by atoms with Crippen molar-refractivity contribution in [1.82, 2.24) is 5.32 Å². The molecule has 1 saturated carbocycles. The average molecular weight is 199 g/mol. The Bertz CT molecular complexity index is 167. The first-order chi connectivity index (χ1) is 6.18. The molecule has 0 aromatic heterocycles. The first-order valence-corrected chi connectivity index (χ1v) is 6.31. The van der Waals surface area contributed by atoms with E-state index >= 15 is 0 Å². The first-order valence-electron chi connectivity index (χ1n) is 5.09. The van der Waals surface area contributed by atoms with E-state index in [9.17, 15) is 0 Å². The summed E-state index contributed by atoms with van der Waals surface area (Å²) in [6, 6.07) is 0. The van der Waals surface area contributed by atoms with E-state index in [1.807, 2.05) is 11.8 Å². The van der Waals surface area contributed by atoms with Crippen LogP contribution in [0.3, 0.4) is 0 Å². The van der Waals surface area contributed by atoms with Crippen molar-refractivity contribution in [3.8, 4) is 0 Å². The Labute approximate surface area is 86.4 Å². The summed E-state index contributed by atoms with van der Waals surface area (Å²) >= 11 is 2.03. The van der Waals surface area contributed by atoms with E-state index in [-0.39, 0.29) is 0 Å². The zero-order chi connectivity index (χ0) is 9.73. The van der Waals surface area contributed by atoms with Crippen molar-refractivity contribution in [3.05, 3.63) is 12.2 Å². The Morgan fingerprint density at radius 3 is 2.62 bits per heavy atom. The van der Waals surface area contributed by atoms with Gasteiger partial charge in [-0.25, -0.2) is 0 Å². The molecule has 0 heterocycles. The van der Waals surface area contributed by atoms with Crippen LogP contribution in [0, 0.1) is 0 Å². The van der Waals surface area contributed by atoms with E-state index in [1.165, 1.54) is 31.4 Å². The second-order valence-corrected chi connectivity index (χ2v) is 5.40. The highest BCUT2D eigenvalue weighted by Crippen LogP contribution is 2.42. The molecule has 0 spiro atoms. The lowest BCUT2D eigenvalue weighted by atomic mass is 9.84. The van der Waals surface area contributed by atoms with Gasteiger partial charge in [-0.15, -0.1) is 6.58 Å². The lowest BCUT2D eigenvalue weighted by Gasteiger charge is -2.40. The van der Waals surface area contributed by atoms with Gasteiger partial charge in [0.05, 0.1) is 0 Å². The van der Waals surface area contributed by atoms with Gasteiger partial charge in [0.25, 0.3) is 0 Å². The third-order valence-corrected chi connectivity index (χ3v) is 4.29. The highest BCUT2D eigenvalue weighted by molar-refractivity contribution is 8.00. The Kier molecular flexibility index (Phi) is 4.33. The number of hydrogen-bond acceptors (Lipinski definition) is 2. The van der Waals surface area contributed by atoms with Gasteiger partial charge in [-0.3, -0.25) is 0 Å². The summed E-state index contributed by atoms with van der Waals surface area (Å²) < 4.78 is 0.578. The maximum Gasteiger partial charge on any atom is 0.0281 e. The van der Waals surface area contributed by atoms with Gasteiger partial charge in [-0.2, -0.15) is 11.8 Å². The average Bonchev–Trinajstić information content (AvgIpc) is 2.01. The lowest BCUT2D eigenvalue weighted by Crippen LogP contribution is -2.43. The minimum atomic E-state index is 0.578. The summed E-state index contributed by atoms with van der Waals surface area (Å²) in [4.78, 5) is 0. The third kappa shape index (κ3) is 3.35. The zero-order valence-corrected chi connectivity index (χ0v) is 9.67. The molecule has 0 saturated heterocycles. The summed E-state index contributed by atoms with van der Waals surface area (Å²) in [6.07, 6.45) is 7.57. The molecule has 0 radical (unpaired) electrons. The number of rotatable bonds is 6. The van der Waals surface area contributed by atoms with Crippen molar-refractivity contribution >= 4 is 11.8 Å². The van der Waals surface area contributed by atoms with Crippen LogP contribution in [0.1, 0.15) is 32.6 Å². The highest BCUT2D eigenvalue weighted by Gasteiger charge is 2.35. The van der Waals surface area contributed by atoms with Gasteiger partial charge < -0.3 is 5.32 Å². The summed E-state index contributed by atoms with van der Waals surface area (Å²) in [5, 5.41) is 3.53.